The summed E-state index contributed by atoms with van der Waals surface area (Å²) in [6.45, 7) is 3.56. The van der Waals surface area contributed by atoms with Crippen molar-refractivity contribution in [2.24, 2.45) is 5.92 Å². The summed E-state index contributed by atoms with van der Waals surface area (Å²) in [4.78, 5) is 18.7. The summed E-state index contributed by atoms with van der Waals surface area (Å²) in [5.74, 6) is 1.35. The van der Waals surface area contributed by atoms with Crippen LogP contribution in [0, 0.1) is 5.92 Å². The number of nitrogens with one attached hydrogen (secondary N) is 2. The molecule has 1 saturated heterocycles. The number of aliphatic hydroxyl groups excluding tert-OH is 1. The minimum Gasteiger partial charge on any atom is -0.394 e. The number of hydrogen-bond donors (Lipinski definition) is 3. The highest BCUT2D eigenvalue weighted by Gasteiger charge is 2.42. The Labute approximate surface area is 130 Å². The number of urea groups is 1. The molecule has 1 aliphatic heterocycles. The SMILES string of the molecule is CC(CO)(NC(=O)NC1CCN(c2ccccn2)C1)C1CC1. The molecule has 2 atom stereocenters. The molecule has 0 radical (unpaired) electrons. The smallest absolute Gasteiger partial charge is 0.315 e. The first-order chi connectivity index (χ1) is 10.6. The Kier molecular flexibility index (Phi) is 4.20. The van der Waals surface area contributed by atoms with Crippen LogP contribution >= 0.6 is 0 Å². The number of anilines is 1. The molecule has 2 unspecified atom stereocenters. The lowest BCUT2D eigenvalue weighted by atomic mass is 9.97. The second-order valence-electron chi connectivity index (χ2n) is 6.57. The average molecular weight is 304 g/mol. The average Bonchev–Trinajstić information content (AvgIpc) is 3.29. The van der Waals surface area contributed by atoms with Crippen molar-refractivity contribution < 1.29 is 9.90 Å². The van der Waals surface area contributed by atoms with Gasteiger partial charge in [0.25, 0.3) is 0 Å². The second kappa shape index (κ2) is 6.12. The van der Waals surface area contributed by atoms with Crippen molar-refractivity contribution in [2.75, 3.05) is 24.6 Å². The Balaban J connectivity index is 1.51. The molecule has 0 spiro atoms. The van der Waals surface area contributed by atoms with Crippen molar-refractivity contribution in [3.05, 3.63) is 24.4 Å². The fourth-order valence-corrected chi connectivity index (χ4v) is 3.10. The van der Waals surface area contributed by atoms with E-state index in [1.807, 2.05) is 25.1 Å². The van der Waals surface area contributed by atoms with Gasteiger partial charge in [-0.05, 0) is 44.2 Å². The van der Waals surface area contributed by atoms with Crippen molar-refractivity contribution in [1.82, 2.24) is 15.6 Å². The van der Waals surface area contributed by atoms with E-state index in [-0.39, 0.29) is 18.7 Å². The molecule has 2 heterocycles. The maximum absolute atomic E-state index is 12.2. The van der Waals surface area contributed by atoms with Crippen molar-refractivity contribution >= 4 is 11.8 Å². The number of aliphatic hydroxyl groups is 1. The molecule has 6 heteroatoms. The fraction of sp³-hybridized carbons (Fsp3) is 0.625. The van der Waals surface area contributed by atoms with E-state index in [1.54, 1.807) is 6.20 Å². The van der Waals surface area contributed by atoms with Crippen LogP contribution in [0.5, 0.6) is 0 Å². The van der Waals surface area contributed by atoms with Gasteiger partial charge in [0.1, 0.15) is 5.82 Å². The first-order valence-corrected chi connectivity index (χ1v) is 7.96. The van der Waals surface area contributed by atoms with E-state index in [1.165, 1.54) is 0 Å². The van der Waals surface area contributed by atoms with E-state index in [2.05, 4.69) is 20.5 Å². The quantitative estimate of drug-likeness (QED) is 0.762. The van der Waals surface area contributed by atoms with Gasteiger partial charge in [0.15, 0.2) is 0 Å². The van der Waals surface area contributed by atoms with Crippen molar-refractivity contribution in [2.45, 2.75) is 37.8 Å². The third-order valence-electron chi connectivity index (χ3n) is 4.70. The molecular formula is C16H24N4O2. The molecule has 2 fully saturated rings. The molecule has 1 aliphatic carbocycles. The summed E-state index contributed by atoms with van der Waals surface area (Å²) in [5, 5.41) is 15.5. The Morgan fingerprint density at radius 2 is 2.27 bits per heavy atom. The number of nitrogens with zero attached hydrogens (tertiary/aromatic N) is 2. The Morgan fingerprint density at radius 3 is 2.91 bits per heavy atom. The summed E-state index contributed by atoms with van der Waals surface area (Å²) in [7, 11) is 0. The number of rotatable bonds is 5. The summed E-state index contributed by atoms with van der Waals surface area (Å²) in [5.41, 5.74) is -0.497. The molecule has 0 bridgehead atoms. The van der Waals surface area contributed by atoms with E-state index in [9.17, 15) is 9.90 Å². The standard InChI is InChI=1S/C16H24N4O2/c1-16(11-21,12-5-6-12)19-15(22)18-13-7-9-20(10-13)14-4-2-3-8-17-14/h2-4,8,12-13,21H,5-7,9-11H2,1H3,(H2,18,19,22). The zero-order chi connectivity index (χ0) is 15.6. The van der Waals surface area contributed by atoms with Gasteiger partial charge in [0.2, 0.25) is 0 Å². The topological polar surface area (TPSA) is 77.5 Å². The first-order valence-electron chi connectivity index (χ1n) is 7.96. The highest BCUT2D eigenvalue weighted by Crippen LogP contribution is 2.39. The number of carbonyl (C=O) groups is 1. The molecule has 22 heavy (non-hydrogen) atoms. The van der Waals surface area contributed by atoms with Gasteiger partial charge in [-0.2, -0.15) is 0 Å². The highest BCUT2D eigenvalue weighted by atomic mass is 16.3. The monoisotopic (exact) mass is 304 g/mol. The van der Waals surface area contributed by atoms with Gasteiger partial charge in [-0.1, -0.05) is 6.07 Å². The molecule has 1 aromatic rings. The number of hydrogen-bond acceptors (Lipinski definition) is 4. The lowest BCUT2D eigenvalue weighted by molar-refractivity contribution is 0.154. The van der Waals surface area contributed by atoms with E-state index in [4.69, 9.17) is 0 Å². The van der Waals surface area contributed by atoms with E-state index < -0.39 is 5.54 Å². The van der Waals surface area contributed by atoms with Crippen LogP contribution in [0.25, 0.3) is 0 Å². The molecule has 3 rings (SSSR count). The third kappa shape index (κ3) is 3.32. The van der Waals surface area contributed by atoms with E-state index in [0.717, 1.165) is 38.2 Å². The Morgan fingerprint density at radius 1 is 1.45 bits per heavy atom. The molecule has 3 N–H and O–H groups in total. The predicted octanol–water partition coefficient (Wildman–Crippen LogP) is 1.12. The minimum absolute atomic E-state index is 0.0180. The zero-order valence-corrected chi connectivity index (χ0v) is 13.0. The van der Waals surface area contributed by atoms with Gasteiger partial charge in [0, 0.05) is 25.3 Å². The van der Waals surface area contributed by atoms with Gasteiger partial charge in [-0.25, -0.2) is 9.78 Å². The minimum atomic E-state index is -0.497. The molecule has 0 aromatic carbocycles. The fourth-order valence-electron chi connectivity index (χ4n) is 3.10. The maximum atomic E-state index is 12.2. The van der Waals surface area contributed by atoms with Gasteiger partial charge in [-0.15, -0.1) is 0 Å². The van der Waals surface area contributed by atoms with Crippen LogP contribution in [0.3, 0.4) is 0 Å². The van der Waals surface area contributed by atoms with Crippen LogP contribution in [0.1, 0.15) is 26.2 Å². The lowest BCUT2D eigenvalue weighted by Crippen LogP contribution is -2.56. The highest BCUT2D eigenvalue weighted by molar-refractivity contribution is 5.75. The zero-order valence-electron chi connectivity index (χ0n) is 13.0. The van der Waals surface area contributed by atoms with Gasteiger partial charge < -0.3 is 20.6 Å². The maximum Gasteiger partial charge on any atom is 0.315 e. The van der Waals surface area contributed by atoms with E-state index in [0.29, 0.717) is 5.92 Å². The van der Waals surface area contributed by atoms with Crippen LogP contribution < -0.4 is 15.5 Å². The summed E-state index contributed by atoms with van der Waals surface area (Å²) >= 11 is 0. The molecular weight excluding hydrogens is 280 g/mol. The molecule has 120 valence electrons. The second-order valence-corrected chi connectivity index (χ2v) is 6.57. The van der Waals surface area contributed by atoms with Crippen molar-refractivity contribution in [1.29, 1.82) is 0 Å². The van der Waals surface area contributed by atoms with Gasteiger partial charge in [-0.3, -0.25) is 0 Å². The molecule has 1 saturated carbocycles. The van der Waals surface area contributed by atoms with Crippen molar-refractivity contribution in [3.63, 3.8) is 0 Å². The van der Waals surface area contributed by atoms with Crippen LogP contribution in [0.2, 0.25) is 0 Å². The number of aromatic nitrogens is 1. The van der Waals surface area contributed by atoms with Crippen LogP contribution in [0.4, 0.5) is 10.6 Å². The third-order valence-corrected chi connectivity index (χ3v) is 4.70. The molecule has 6 nitrogen and oxygen atoms in total. The molecule has 2 aliphatic rings. The van der Waals surface area contributed by atoms with Crippen molar-refractivity contribution in [3.8, 4) is 0 Å². The lowest BCUT2D eigenvalue weighted by Gasteiger charge is -2.29. The predicted molar refractivity (Wildman–Crippen MR) is 84.7 cm³/mol. The van der Waals surface area contributed by atoms with Crippen LogP contribution in [-0.4, -0.2) is 47.4 Å². The normalized spacial score (nSPS) is 23.9. The summed E-state index contributed by atoms with van der Waals surface area (Å²) < 4.78 is 0. The Hall–Kier alpha value is -1.82. The number of pyridine rings is 1. The Bertz CT molecular complexity index is 520. The van der Waals surface area contributed by atoms with Gasteiger partial charge >= 0.3 is 6.03 Å². The van der Waals surface area contributed by atoms with Crippen LogP contribution in [0.15, 0.2) is 24.4 Å². The van der Waals surface area contributed by atoms with Crippen LogP contribution in [-0.2, 0) is 0 Å². The summed E-state index contributed by atoms with van der Waals surface area (Å²) in [6, 6.07) is 5.79. The van der Waals surface area contributed by atoms with E-state index >= 15 is 0 Å². The molecule has 2 amide bonds. The van der Waals surface area contributed by atoms with Gasteiger partial charge in [0.05, 0.1) is 12.1 Å². The first kappa shape index (κ1) is 15.1. The largest absolute Gasteiger partial charge is 0.394 e. The number of amides is 2. The number of carbonyl (C=O) groups excluding carboxylic acids is 1. The summed E-state index contributed by atoms with van der Waals surface area (Å²) in [6.07, 6.45) is 4.84. The molecule has 1 aromatic heterocycles.